The smallest absolute Gasteiger partial charge is 0.350 e. The molecular weight excluding hydrogens is 197 g/mol. The molecule has 0 aromatic rings. The van der Waals surface area contributed by atoms with Crippen LogP contribution in [0.5, 0.6) is 0 Å². The molecule has 0 aliphatic carbocycles. The van der Waals surface area contributed by atoms with Crippen molar-refractivity contribution in [1.29, 1.82) is 0 Å². The maximum atomic E-state index is 10.6. The van der Waals surface area contributed by atoms with E-state index in [9.17, 15) is 9.36 Å². The third-order valence-electron chi connectivity index (χ3n) is 1.07. The van der Waals surface area contributed by atoms with E-state index in [0.717, 1.165) is 6.08 Å². The van der Waals surface area contributed by atoms with Gasteiger partial charge in [0.25, 0.3) is 0 Å². The molecule has 0 rings (SSSR count). The highest BCUT2D eigenvalue weighted by Gasteiger charge is 2.18. The lowest BCUT2D eigenvalue weighted by molar-refractivity contribution is -0.116. The highest BCUT2D eigenvalue weighted by Crippen LogP contribution is 2.37. The zero-order valence-corrected chi connectivity index (χ0v) is 8.03. The molecule has 0 saturated heterocycles. The van der Waals surface area contributed by atoms with Crippen molar-refractivity contribution in [3.8, 4) is 0 Å². The standard InChI is InChI=1S/C6H12NO5P/c1-3-6(8)7-4-5(2)12-13(9,10)11/h3,5H,1,4H2,2H3,(H,7,8)(H2,9,10,11). The van der Waals surface area contributed by atoms with Crippen LogP contribution in [0, 0.1) is 0 Å². The van der Waals surface area contributed by atoms with E-state index < -0.39 is 19.8 Å². The van der Waals surface area contributed by atoms with Crippen LogP contribution in [-0.4, -0.2) is 28.3 Å². The van der Waals surface area contributed by atoms with E-state index in [1.807, 2.05) is 0 Å². The molecule has 0 fully saturated rings. The SMILES string of the molecule is C=CC(=O)NCC(C)OP(=O)(O)O. The second-order valence-corrected chi connectivity index (χ2v) is 3.55. The second-order valence-electron chi connectivity index (χ2n) is 2.36. The summed E-state index contributed by atoms with van der Waals surface area (Å²) in [7, 11) is -4.47. The lowest BCUT2D eigenvalue weighted by Gasteiger charge is -2.13. The molecule has 3 N–H and O–H groups in total. The number of phosphoric acid groups is 1. The molecule has 0 aromatic carbocycles. The Labute approximate surface area is 75.8 Å². The average molecular weight is 209 g/mol. The van der Waals surface area contributed by atoms with Crippen LogP contribution in [0.4, 0.5) is 0 Å². The van der Waals surface area contributed by atoms with Crippen LogP contribution in [0.2, 0.25) is 0 Å². The number of phosphoric ester groups is 1. The number of amides is 1. The van der Waals surface area contributed by atoms with Gasteiger partial charge in [0.1, 0.15) is 0 Å². The molecule has 76 valence electrons. The zero-order chi connectivity index (χ0) is 10.5. The van der Waals surface area contributed by atoms with Crippen LogP contribution in [-0.2, 0) is 13.9 Å². The van der Waals surface area contributed by atoms with Crippen LogP contribution in [0.1, 0.15) is 6.92 Å². The number of hydrogen-bond acceptors (Lipinski definition) is 3. The van der Waals surface area contributed by atoms with Crippen LogP contribution in [0.3, 0.4) is 0 Å². The minimum Gasteiger partial charge on any atom is -0.350 e. The average Bonchev–Trinajstić information content (AvgIpc) is 1.97. The lowest BCUT2D eigenvalue weighted by atomic mass is 10.4. The molecule has 0 heterocycles. The van der Waals surface area contributed by atoms with E-state index in [2.05, 4.69) is 16.4 Å². The van der Waals surface area contributed by atoms with Gasteiger partial charge in [0, 0.05) is 6.54 Å². The van der Waals surface area contributed by atoms with Crippen LogP contribution in [0.15, 0.2) is 12.7 Å². The van der Waals surface area contributed by atoms with Gasteiger partial charge >= 0.3 is 7.82 Å². The fourth-order valence-electron chi connectivity index (χ4n) is 0.588. The fourth-order valence-corrected chi connectivity index (χ4v) is 1.13. The Morgan fingerprint density at radius 1 is 1.77 bits per heavy atom. The third kappa shape index (κ3) is 7.67. The van der Waals surface area contributed by atoms with E-state index in [1.54, 1.807) is 0 Å². The molecule has 0 aliphatic heterocycles. The van der Waals surface area contributed by atoms with E-state index in [-0.39, 0.29) is 6.54 Å². The van der Waals surface area contributed by atoms with Crippen molar-refractivity contribution < 1.29 is 23.7 Å². The topological polar surface area (TPSA) is 95.9 Å². The van der Waals surface area contributed by atoms with E-state index in [4.69, 9.17) is 9.79 Å². The van der Waals surface area contributed by atoms with Gasteiger partial charge in [0.2, 0.25) is 5.91 Å². The minimum atomic E-state index is -4.47. The summed E-state index contributed by atoms with van der Waals surface area (Å²) in [6.07, 6.45) is 0.314. The van der Waals surface area contributed by atoms with E-state index >= 15 is 0 Å². The Hall–Kier alpha value is -0.680. The van der Waals surface area contributed by atoms with Crippen LogP contribution in [0.25, 0.3) is 0 Å². The monoisotopic (exact) mass is 209 g/mol. The van der Waals surface area contributed by atoms with Gasteiger partial charge < -0.3 is 15.1 Å². The summed E-state index contributed by atoms with van der Waals surface area (Å²) in [5.41, 5.74) is 0. The van der Waals surface area contributed by atoms with E-state index in [1.165, 1.54) is 6.92 Å². The van der Waals surface area contributed by atoms with Gasteiger partial charge in [0.15, 0.2) is 0 Å². The van der Waals surface area contributed by atoms with Crippen molar-refractivity contribution in [3.63, 3.8) is 0 Å². The normalized spacial score (nSPS) is 13.5. The Balaban J connectivity index is 3.76. The summed E-state index contributed by atoms with van der Waals surface area (Å²) in [5, 5.41) is 2.33. The predicted molar refractivity (Wildman–Crippen MR) is 45.8 cm³/mol. The number of rotatable bonds is 5. The van der Waals surface area contributed by atoms with Crippen molar-refractivity contribution in [2.24, 2.45) is 0 Å². The maximum Gasteiger partial charge on any atom is 0.469 e. The summed E-state index contributed by atoms with van der Waals surface area (Å²) < 4.78 is 14.5. The van der Waals surface area contributed by atoms with E-state index in [0.29, 0.717) is 0 Å². The number of carbonyl (C=O) groups excluding carboxylic acids is 1. The summed E-state index contributed by atoms with van der Waals surface area (Å²) in [6, 6.07) is 0. The molecule has 1 amide bonds. The minimum absolute atomic E-state index is 0.0238. The predicted octanol–water partition coefficient (Wildman–Crippen LogP) is -0.214. The van der Waals surface area contributed by atoms with Crippen molar-refractivity contribution in [2.75, 3.05) is 6.54 Å². The van der Waals surface area contributed by atoms with Gasteiger partial charge in [0.05, 0.1) is 6.10 Å². The molecule has 0 aromatic heterocycles. The third-order valence-corrected chi connectivity index (χ3v) is 1.70. The fraction of sp³-hybridized carbons (Fsp3) is 0.500. The van der Waals surface area contributed by atoms with Gasteiger partial charge in [-0.05, 0) is 13.0 Å². The quantitative estimate of drug-likeness (QED) is 0.430. The van der Waals surface area contributed by atoms with Crippen LogP contribution >= 0.6 is 7.82 Å². The van der Waals surface area contributed by atoms with Gasteiger partial charge in [-0.1, -0.05) is 6.58 Å². The van der Waals surface area contributed by atoms with Crippen LogP contribution < -0.4 is 5.32 Å². The second kappa shape index (κ2) is 5.14. The molecule has 0 saturated carbocycles. The summed E-state index contributed by atoms with van der Waals surface area (Å²) in [6.45, 7) is 4.66. The molecule has 6 nitrogen and oxygen atoms in total. The van der Waals surface area contributed by atoms with Gasteiger partial charge in [-0.25, -0.2) is 4.57 Å². The lowest BCUT2D eigenvalue weighted by Crippen LogP contribution is -2.30. The highest BCUT2D eigenvalue weighted by molar-refractivity contribution is 7.46. The Morgan fingerprint density at radius 2 is 2.31 bits per heavy atom. The molecule has 0 radical (unpaired) electrons. The Morgan fingerprint density at radius 3 is 2.69 bits per heavy atom. The maximum absolute atomic E-state index is 10.6. The van der Waals surface area contributed by atoms with Crippen molar-refractivity contribution >= 4 is 13.7 Å². The number of carbonyl (C=O) groups is 1. The largest absolute Gasteiger partial charge is 0.469 e. The highest BCUT2D eigenvalue weighted by atomic mass is 31.2. The first kappa shape index (κ1) is 12.3. The number of hydrogen-bond donors (Lipinski definition) is 3. The Bertz CT molecular complexity index is 235. The van der Waals surface area contributed by atoms with Crippen molar-refractivity contribution in [2.45, 2.75) is 13.0 Å². The Kier molecular flexibility index (Phi) is 4.87. The first-order valence-corrected chi connectivity index (χ1v) is 5.02. The molecule has 0 aliphatic rings. The van der Waals surface area contributed by atoms with Gasteiger partial charge in [-0.3, -0.25) is 9.32 Å². The zero-order valence-electron chi connectivity index (χ0n) is 7.14. The van der Waals surface area contributed by atoms with Gasteiger partial charge in [-0.2, -0.15) is 0 Å². The van der Waals surface area contributed by atoms with Crippen molar-refractivity contribution in [3.05, 3.63) is 12.7 Å². The summed E-state index contributed by atoms with van der Waals surface area (Å²) in [5.74, 6) is -0.416. The summed E-state index contributed by atoms with van der Waals surface area (Å²) in [4.78, 5) is 27.3. The first-order valence-electron chi connectivity index (χ1n) is 3.49. The first-order chi connectivity index (χ1) is 5.85. The molecule has 13 heavy (non-hydrogen) atoms. The molecule has 1 atom stereocenters. The molecule has 0 spiro atoms. The molecule has 0 bridgehead atoms. The number of nitrogens with one attached hydrogen (secondary N) is 1. The van der Waals surface area contributed by atoms with Crippen molar-refractivity contribution in [1.82, 2.24) is 5.32 Å². The summed E-state index contributed by atoms with van der Waals surface area (Å²) >= 11 is 0. The molecule has 7 heteroatoms. The molecule has 1 unspecified atom stereocenters. The van der Waals surface area contributed by atoms with Gasteiger partial charge in [-0.15, -0.1) is 0 Å². The molecular formula is C6H12NO5P.